The highest BCUT2D eigenvalue weighted by atomic mass is 127. The van der Waals surface area contributed by atoms with E-state index in [1.165, 1.54) is 11.1 Å². The van der Waals surface area contributed by atoms with Crippen LogP contribution in [0.4, 0.5) is 5.82 Å². The van der Waals surface area contributed by atoms with Crippen molar-refractivity contribution in [1.82, 2.24) is 9.29 Å². The summed E-state index contributed by atoms with van der Waals surface area (Å²) in [7, 11) is 3.58. The number of hydrogen-bond donors (Lipinski definition) is 2. The Bertz CT molecular complexity index is 1540. The number of anilines is 1. The lowest BCUT2D eigenvalue weighted by atomic mass is 9.92. The highest BCUT2D eigenvalue weighted by Crippen LogP contribution is 2.39. The van der Waals surface area contributed by atoms with Gasteiger partial charge in [0.05, 0.1) is 6.54 Å². The second kappa shape index (κ2) is 18.3. The molecule has 1 aromatic heterocycles. The third kappa shape index (κ3) is 9.94. The molecular weight excluding hydrogens is 703 g/mol. The monoisotopic (exact) mass is 754 g/mol. The van der Waals surface area contributed by atoms with E-state index in [2.05, 4.69) is 140 Å². The Morgan fingerprint density at radius 3 is 2.54 bits per heavy atom. The molecule has 248 valence electrons. The third-order valence-electron chi connectivity index (χ3n) is 8.15. The van der Waals surface area contributed by atoms with Gasteiger partial charge in [0, 0.05) is 60.4 Å². The summed E-state index contributed by atoms with van der Waals surface area (Å²) in [6, 6.07) is 6.70. The Balaban J connectivity index is 2.36. The summed E-state index contributed by atoms with van der Waals surface area (Å²) in [6.45, 7) is 24.7. The number of nitrogens with one attached hydrogen (secondary N) is 2. The third-order valence-corrected chi connectivity index (χ3v) is 9.86. The van der Waals surface area contributed by atoms with E-state index in [0.717, 1.165) is 58.0 Å². The lowest BCUT2D eigenvalue weighted by Gasteiger charge is -2.17. The van der Waals surface area contributed by atoms with Gasteiger partial charge in [-0.15, -0.1) is 0 Å². The van der Waals surface area contributed by atoms with Crippen LogP contribution in [-0.2, 0) is 9.47 Å². The molecule has 6 nitrogen and oxygen atoms in total. The second-order valence-electron chi connectivity index (χ2n) is 11.8. The van der Waals surface area contributed by atoms with Crippen LogP contribution >= 0.6 is 30.3 Å². The second-order valence-corrected chi connectivity index (χ2v) is 13.5. The summed E-state index contributed by atoms with van der Waals surface area (Å²) < 4.78 is 14.3. The Morgan fingerprint density at radius 1 is 1.17 bits per heavy atom. The average molecular weight is 755 g/mol. The molecule has 1 atom stereocenters. The molecule has 8 heteroatoms. The van der Waals surface area contributed by atoms with Crippen molar-refractivity contribution in [3.05, 3.63) is 107 Å². The molecule has 0 aliphatic carbocycles. The van der Waals surface area contributed by atoms with Crippen LogP contribution in [0.25, 0.3) is 17.2 Å². The molecule has 0 saturated heterocycles. The van der Waals surface area contributed by atoms with E-state index in [0.29, 0.717) is 43.1 Å². The molecule has 2 heterocycles. The zero-order valence-electron chi connectivity index (χ0n) is 28.8. The van der Waals surface area contributed by atoms with Crippen LogP contribution in [0.2, 0.25) is 0 Å². The highest BCUT2D eigenvalue weighted by Gasteiger charge is 2.22. The standard InChI is InChI=1S/C38H51IN4O2S/c1-11-26(6)14-15-30-20-28(8)44-18-19-45-33(13-3)22-32-21-31(16-17-34(32)25(4)5)35-24-43(46-39)38(36(35)29(9)41-23-30)42-37(40-10)27(7)12-2/h13-17,20-22,24-26,40,42H,3,8,11-12,18-19,23H2,1-2,4-7,9-10H3/b15-14-,30-20+,33-22+,37-27+,41-29?. The Morgan fingerprint density at radius 2 is 1.91 bits per heavy atom. The minimum absolute atomic E-state index is 0.329. The van der Waals surface area contributed by atoms with Crippen molar-refractivity contribution in [2.75, 3.05) is 32.1 Å². The van der Waals surface area contributed by atoms with Crippen molar-refractivity contribution < 1.29 is 9.47 Å². The quantitative estimate of drug-likeness (QED) is 0.237. The molecule has 1 aliphatic rings. The van der Waals surface area contributed by atoms with Crippen molar-refractivity contribution in [3.63, 3.8) is 0 Å². The average Bonchev–Trinajstić information content (AvgIpc) is 3.42. The Kier molecular flexibility index (Phi) is 14.8. The summed E-state index contributed by atoms with van der Waals surface area (Å²) in [5.41, 5.74) is 8.80. The zero-order chi connectivity index (χ0) is 33.8. The molecule has 0 spiro atoms. The van der Waals surface area contributed by atoms with E-state index in [-0.39, 0.29) is 0 Å². The number of benzene rings is 1. The van der Waals surface area contributed by atoms with Gasteiger partial charge in [-0.25, -0.2) is 0 Å². The van der Waals surface area contributed by atoms with Crippen molar-refractivity contribution >= 4 is 47.9 Å². The number of aliphatic imine (C=N–C) groups is 1. The molecule has 2 bridgehead atoms. The number of halogens is 1. The smallest absolute Gasteiger partial charge is 0.132 e. The van der Waals surface area contributed by atoms with E-state index in [4.69, 9.17) is 14.5 Å². The van der Waals surface area contributed by atoms with Gasteiger partial charge >= 0.3 is 0 Å². The van der Waals surface area contributed by atoms with E-state index >= 15 is 0 Å². The maximum absolute atomic E-state index is 6.12. The number of fused-ring (bicyclic) bond motifs is 4. The lowest BCUT2D eigenvalue weighted by molar-refractivity contribution is 0.129. The summed E-state index contributed by atoms with van der Waals surface area (Å²) in [5, 5.41) is 7.11. The van der Waals surface area contributed by atoms with Crippen molar-refractivity contribution in [3.8, 4) is 11.1 Å². The molecule has 1 aliphatic heterocycles. The van der Waals surface area contributed by atoms with E-state index in [1.807, 2.05) is 13.1 Å². The predicted molar refractivity (Wildman–Crippen MR) is 210 cm³/mol. The van der Waals surface area contributed by atoms with Gasteiger partial charge in [-0.05, 0) is 84.2 Å². The lowest BCUT2D eigenvalue weighted by Crippen LogP contribution is -2.19. The van der Waals surface area contributed by atoms with E-state index in [9.17, 15) is 0 Å². The van der Waals surface area contributed by atoms with Crippen LogP contribution < -0.4 is 10.6 Å². The van der Waals surface area contributed by atoms with E-state index < -0.39 is 0 Å². The molecule has 0 radical (unpaired) electrons. The number of allylic oxidation sites excluding steroid dienone is 4. The number of rotatable bonds is 10. The Labute approximate surface area is 293 Å². The maximum atomic E-state index is 6.12. The van der Waals surface area contributed by atoms with Gasteiger partial charge < -0.3 is 20.1 Å². The van der Waals surface area contributed by atoms with Crippen molar-refractivity contribution in [2.45, 2.75) is 67.2 Å². The fourth-order valence-electron chi connectivity index (χ4n) is 5.06. The van der Waals surface area contributed by atoms with Gasteiger partial charge in [0.25, 0.3) is 0 Å². The maximum Gasteiger partial charge on any atom is 0.132 e. The molecular formula is C38H51IN4O2S. The van der Waals surface area contributed by atoms with Crippen LogP contribution in [0.15, 0.2) is 95.3 Å². The van der Waals surface area contributed by atoms with Gasteiger partial charge in [0.15, 0.2) is 0 Å². The molecule has 0 fully saturated rings. The van der Waals surface area contributed by atoms with Gasteiger partial charge in [-0.3, -0.25) is 8.96 Å². The van der Waals surface area contributed by atoms with Gasteiger partial charge in [0.1, 0.15) is 36.4 Å². The molecule has 1 aromatic carbocycles. The van der Waals surface area contributed by atoms with Crippen molar-refractivity contribution in [2.24, 2.45) is 10.9 Å². The van der Waals surface area contributed by atoms with Crippen LogP contribution in [0.1, 0.15) is 83.9 Å². The number of hydrogen-bond acceptors (Lipinski definition) is 6. The SMILES string of the molecule is C=C/C1=C\c2cc(ccc2C(C)C)-c2cn(SI)c(N/C(NC)=C(\C)CC)c2C(C)=NCC(/C=C\C(C)CC)=C/C(=C)OCCO1. The fourth-order valence-corrected chi connectivity index (χ4v) is 6.35. The first-order valence-corrected chi connectivity index (χ1v) is 19.4. The summed E-state index contributed by atoms with van der Waals surface area (Å²) >= 11 is 2.34. The summed E-state index contributed by atoms with van der Waals surface area (Å²) in [5.74, 6) is 4.02. The topological polar surface area (TPSA) is 59.8 Å². The highest BCUT2D eigenvalue weighted by molar-refractivity contribution is 14.2. The minimum Gasteiger partial charge on any atom is -0.491 e. The van der Waals surface area contributed by atoms with Gasteiger partial charge in [-0.2, -0.15) is 0 Å². The van der Waals surface area contributed by atoms with Crippen LogP contribution in [0.3, 0.4) is 0 Å². The molecule has 46 heavy (non-hydrogen) atoms. The van der Waals surface area contributed by atoms with Crippen LogP contribution in [-0.4, -0.2) is 36.5 Å². The zero-order valence-corrected chi connectivity index (χ0v) is 31.8. The van der Waals surface area contributed by atoms with Crippen molar-refractivity contribution in [1.29, 1.82) is 0 Å². The Hall–Kier alpha value is -3.11. The van der Waals surface area contributed by atoms with Gasteiger partial charge in [0.2, 0.25) is 0 Å². The van der Waals surface area contributed by atoms with E-state index in [1.54, 1.807) is 15.2 Å². The van der Waals surface area contributed by atoms with Crippen LogP contribution in [0.5, 0.6) is 0 Å². The number of aromatic nitrogens is 1. The molecule has 2 N–H and O–H groups in total. The first kappa shape index (κ1) is 37.3. The normalized spacial score (nSPS) is 18.1. The first-order chi connectivity index (χ1) is 22.1. The minimum atomic E-state index is 0.329. The molecule has 0 saturated carbocycles. The largest absolute Gasteiger partial charge is 0.491 e. The first-order valence-electron chi connectivity index (χ1n) is 16.1. The van der Waals surface area contributed by atoms with Gasteiger partial charge in [-0.1, -0.05) is 78.5 Å². The molecule has 1 unspecified atom stereocenters. The molecule has 2 aromatic rings. The molecule has 0 amide bonds. The van der Waals surface area contributed by atoms with Crippen LogP contribution in [0, 0.1) is 5.92 Å². The number of ether oxygens (including phenoxy) is 2. The molecule has 3 rings (SSSR count). The number of nitrogens with zero attached hydrogens (tertiary/aromatic N) is 2. The fraction of sp³-hybridized carbons (Fsp3) is 0.395. The summed E-state index contributed by atoms with van der Waals surface area (Å²) in [4.78, 5) is 5.20. The predicted octanol–water partition coefficient (Wildman–Crippen LogP) is 10.8. The summed E-state index contributed by atoms with van der Waals surface area (Å²) in [6.07, 6.45) is 14.4.